The Hall–Kier alpha value is -2.39. The summed E-state index contributed by atoms with van der Waals surface area (Å²) >= 11 is 0. The fraction of sp³-hybridized carbons (Fsp3) is 0.462. The van der Waals surface area contributed by atoms with Crippen LogP contribution in [-0.2, 0) is 11.8 Å². The Morgan fingerprint density at radius 1 is 1.41 bits per heavy atom. The van der Waals surface area contributed by atoms with E-state index in [1.165, 1.54) is 16.9 Å². The summed E-state index contributed by atoms with van der Waals surface area (Å²) in [6, 6.07) is 1.45. The average Bonchev–Trinajstić information content (AvgIpc) is 2.96. The van der Waals surface area contributed by atoms with Crippen molar-refractivity contribution in [2.75, 3.05) is 26.3 Å². The normalized spacial score (nSPS) is 14.1. The maximum Gasteiger partial charge on any atom is 0.183 e. The van der Waals surface area contributed by atoms with Crippen LogP contribution in [0.2, 0.25) is 0 Å². The van der Waals surface area contributed by atoms with E-state index in [0.717, 1.165) is 26.3 Å². The van der Waals surface area contributed by atoms with Crippen molar-refractivity contribution in [2.24, 2.45) is 7.05 Å². The van der Waals surface area contributed by atoms with Gasteiger partial charge in [0.15, 0.2) is 5.82 Å². The number of carbonyl (C=O) groups is 1. The lowest BCUT2D eigenvalue weighted by atomic mass is 10.1. The number of carboxylic acid groups (broad SMARTS) is 1. The third kappa shape index (κ3) is 4.06. The van der Waals surface area contributed by atoms with Gasteiger partial charge in [0.25, 0.3) is 0 Å². The molecule has 1 aliphatic rings. The molecule has 1 saturated heterocycles. The number of nitrogens with zero attached hydrogens (tertiary/aromatic N) is 5. The fourth-order valence-corrected chi connectivity index (χ4v) is 1.92. The molecular formula is C13H18N6O3. The van der Waals surface area contributed by atoms with Crippen molar-refractivity contribution in [3.63, 3.8) is 0 Å². The molecule has 0 amide bonds. The molecule has 0 aliphatic carbocycles. The van der Waals surface area contributed by atoms with Crippen LogP contribution in [0, 0.1) is 6.92 Å². The summed E-state index contributed by atoms with van der Waals surface area (Å²) in [5.41, 5.74) is 0.983. The van der Waals surface area contributed by atoms with E-state index in [-0.39, 0.29) is 5.56 Å². The highest BCUT2D eigenvalue weighted by Gasteiger charge is 2.09. The number of aromatic nitrogens is 5. The first-order valence-corrected chi connectivity index (χ1v) is 6.89. The highest BCUT2D eigenvalue weighted by Crippen LogP contribution is 2.16. The quantitative estimate of drug-likeness (QED) is 0.652. The molecule has 0 atom stereocenters. The van der Waals surface area contributed by atoms with E-state index in [1.807, 2.05) is 0 Å². The zero-order valence-corrected chi connectivity index (χ0v) is 12.5. The van der Waals surface area contributed by atoms with Crippen LogP contribution in [0.15, 0.2) is 12.3 Å². The van der Waals surface area contributed by atoms with Gasteiger partial charge in [0, 0.05) is 30.1 Å². The van der Waals surface area contributed by atoms with Crippen LogP contribution in [0.5, 0.6) is 0 Å². The monoisotopic (exact) mass is 306 g/mol. The summed E-state index contributed by atoms with van der Waals surface area (Å²) < 4.78 is 6.47. The molecule has 0 spiro atoms. The maximum atomic E-state index is 10.8. The molecule has 0 aromatic carbocycles. The van der Waals surface area contributed by atoms with Gasteiger partial charge in [-0.2, -0.15) is 0 Å². The van der Waals surface area contributed by atoms with Gasteiger partial charge in [0.05, 0.1) is 32.3 Å². The number of ether oxygens (including phenoxy) is 1. The minimum Gasteiger partial charge on any atom is -0.545 e. The molecule has 118 valence electrons. The van der Waals surface area contributed by atoms with E-state index in [2.05, 4.69) is 25.8 Å². The zero-order chi connectivity index (χ0) is 15.9. The van der Waals surface area contributed by atoms with E-state index >= 15 is 0 Å². The predicted molar refractivity (Wildman–Crippen MR) is 73.6 cm³/mol. The van der Waals surface area contributed by atoms with Gasteiger partial charge in [-0.15, -0.1) is 5.10 Å². The van der Waals surface area contributed by atoms with Crippen LogP contribution < -0.4 is 10.4 Å². The lowest BCUT2D eigenvalue weighted by Crippen LogP contribution is -2.87. The maximum absolute atomic E-state index is 10.8. The number of hydrogen-bond donors (Lipinski definition) is 1. The van der Waals surface area contributed by atoms with Gasteiger partial charge in [0.1, 0.15) is 0 Å². The Bertz CT molecular complexity index is 627. The number of aryl methyl sites for hydroxylation is 2. The first-order chi connectivity index (χ1) is 10.6. The largest absolute Gasteiger partial charge is 0.545 e. The van der Waals surface area contributed by atoms with Crippen molar-refractivity contribution in [3.05, 3.63) is 23.5 Å². The number of aromatic carboxylic acids is 1. The minimum atomic E-state index is -1.26. The lowest BCUT2D eigenvalue weighted by molar-refractivity contribution is -0.670. The molecule has 0 saturated carbocycles. The lowest BCUT2D eigenvalue weighted by Gasteiger charge is -2.07. The number of tetrazole rings is 1. The van der Waals surface area contributed by atoms with Crippen LogP contribution >= 0.6 is 0 Å². The number of nitrogens with two attached hydrogens (primary N) is 1. The second-order valence-electron chi connectivity index (χ2n) is 4.75. The van der Waals surface area contributed by atoms with Gasteiger partial charge in [-0.05, 0) is 23.4 Å². The number of hydrogen-bond acceptors (Lipinski definition) is 7. The molecule has 9 nitrogen and oxygen atoms in total. The van der Waals surface area contributed by atoms with Gasteiger partial charge in [-0.1, -0.05) is 0 Å². The van der Waals surface area contributed by atoms with Crippen LogP contribution in [0.4, 0.5) is 0 Å². The van der Waals surface area contributed by atoms with Gasteiger partial charge >= 0.3 is 0 Å². The SMILES string of the molecule is C1COCC[NH2+]1.Cc1ncc(-c2nnnn2C)cc1C(=O)[O-]. The highest BCUT2D eigenvalue weighted by atomic mass is 16.5. The molecule has 0 bridgehead atoms. The molecule has 22 heavy (non-hydrogen) atoms. The number of carboxylic acids is 1. The summed E-state index contributed by atoms with van der Waals surface area (Å²) in [5.74, 6) is -0.808. The zero-order valence-electron chi connectivity index (χ0n) is 12.5. The Kier molecular flexibility index (Phi) is 5.50. The Morgan fingerprint density at radius 3 is 2.59 bits per heavy atom. The van der Waals surface area contributed by atoms with Crippen molar-refractivity contribution >= 4 is 5.97 Å². The molecule has 2 N–H and O–H groups in total. The summed E-state index contributed by atoms with van der Waals surface area (Å²) in [6.45, 7) is 5.80. The number of pyridine rings is 1. The van der Waals surface area contributed by atoms with Crippen molar-refractivity contribution in [3.8, 4) is 11.4 Å². The van der Waals surface area contributed by atoms with Crippen LogP contribution in [0.25, 0.3) is 11.4 Å². The molecular weight excluding hydrogens is 288 g/mol. The highest BCUT2D eigenvalue weighted by molar-refractivity contribution is 5.88. The first-order valence-electron chi connectivity index (χ1n) is 6.89. The molecule has 2 aromatic rings. The molecule has 9 heteroatoms. The summed E-state index contributed by atoms with van der Waals surface area (Å²) in [5, 5.41) is 24.0. The van der Waals surface area contributed by atoms with E-state index < -0.39 is 5.97 Å². The number of carbonyl (C=O) groups excluding carboxylic acids is 1. The van der Waals surface area contributed by atoms with E-state index in [9.17, 15) is 9.90 Å². The Labute approximate surface area is 127 Å². The van der Waals surface area contributed by atoms with Crippen LogP contribution in [0.3, 0.4) is 0 Å². The Morgan fingerprint density at radius 2 is 2.14 bits per heavy atom. The van der Waals surface area contributed by atoms with Gasteiger partial charge in [-0.25, -0.2) is 4.68 Å². The minimum absolute atomic E-state index is 0.0421. The second kappa shape index (κ2) is 7.57. The third-order valence-electron chi connectivity index (χ3n) is 3.12. The van der Waals surface area contributed by atoms with Gasteiger partial charge in [0.2, 0.25) is 0 Å². The van der Waals surface area contributed by atoms with Gasteiger partial charge < -0.3 is 20.0 Å². The summed E-state index contributed by atoms with van der Waals surface area (Å²) in [7, 11) is 1.66. The van der Waals surface area contributed by atoms with Crippen molar-refractivity contribution in [2.45, 2.75) is 6.92 Å². The van der Waals surface area contributed by atoms with Crippen molar-refractivity contribution in [1.82, 2.24) is 25.2 Å². The van der Waals surface area contributed by atoms with Crippen LogP contribution in [0.1, 0.15) is 16.1 Å². The Balaban J connectivity index is 0.000000246. The molecule has 0 unspecified atom stereocenters. The second-order valence-corrected chi connectivity index (χ2v) is 4.75. The summed E-state index contributed by atoms with van der Waals surface area (Å²) in [4.78, 5) is 14.8. The number of quaternary nitrogens is 1. The molecule has 0 radical (unpaired) electrons. The van der Waals surface area contributed by atoms with E-state index in [4.69, 9.17) is 4.74 Å². The number of rotatable bonds is 2. The number of morpholine rings is 1. The fourth-order valence-electron chi connectivity index (χ4n) is 1.92. The van der Waals surface area contributed by atoms with Crippen LogP contribution in [-0.4, -0.2) is 57.5 Å². The summed E-state index contributed by atoms with van der Waals surface area (Å²) in [6.07, 6.45) is 1.52. The molecule has 2 aromatic heterocycles. The van der Waals surface area contributed by atoms with E-state index in [0.29, 0.717) is 17.1 Å². The molecule has 1 aliphatic heterocycles. The molecule has 3 heterocycles. The average molecular weight is 306 g/mol. The smallest absolute Gasteiger partial charge is 0.183 e. The van der Waals surface area contributed by atoms with E-state index in [1.54, 1.807) is 14.0 Å². The molecule has 1 fully saturated rings. The molecule has 3 rings (SSSR count). The van der Waals surface area contributed by atoms with Gasteiger partial charge in [-0.3, -0.25) is 4.98 Å². The first kappa shape index (κ1) is 16.0. The van der Waals surface area contributed by atoms with Crippen molar-refractivity contribution < 1.29 is 20.0 Å². The third-order valence-corrected chi connectivity index (χ3v) is 3.12. The topological polar surface area (TPSA) is 122 Å². The predicted octanol–water partition coefficient (Wildman–Crippen LogP) is -2.48. The standard InChI is InChI=1S/C9H9N5O2.C4H9NO/c1-5-7(9(15)16)3-6(4-10-5)8-11-12-13-14(8)2;1-3-6-4-2-5-1/h3-4H,1-2H3,(H,15,16);5H,1-4H2. The van der Waals surface area contributed by atoms with Crippen molar-refractivity contribution in [1.29, 1.82) is 0 Å².